The molecule has 1 N–H and O–H groups in total. The second-order valence-corrected chi connectivity index (χ2v) is 16.4. The van der Waals surface area contributed by atoms with Crippen LogP contribution in [0.2, 0.25) is 6.32 Å². The Morgan fingerprint density at radius 2 is 1.50 bits per heavy atom. The number of carbonyl (C=O) groups is 4. The number of carbonyl (C=O) groups excluding carboxylic acids is 4. The fraction of sp³-hybridized carbons (Fsp3) is 0.879. The van der Waals surface area contributed by atoms with Crippen LogP contribution in [0.4, 0.5) is 9.59 Å². The van der Waals surface area contributed by atoms with Crippen LogP contribution in [0, 0.1) is 11.3 Å². The molecule has 3 saturated heterocycles. The Balaban J connectivity index is 1.99. The Bertz CT molecular complexity index is 1130. The van der Waals surface area contributed by atoms with E-state index >= 15 is 0 Å². The molecule has 12 nitrogen and oxygen atoms in total. The van der Waals surface area contributed by atoms with Crippen molar-refractivity contribution in [1.29, 1.82) is 0 Å². The number of esters is 1. The van der Waals surface area contributed by atoms with E-state index in [1.165, 1.54) is 12.0 Å². The lowest BCUT2D eigenvalue weighted by Crippen LogP contribution is -2.61. The third-order valence-electron chi connectivity index (χ3n) is 9.63. The van der Waals surface area contributed by atoms with E-state index in [-0.39, 0.29) is 18.4 Å². The molecular weight excluding hydrogens is 593 g/mol. The zero-order valence-electron chi connectivity index (χ0n) is 30.4. The SMILES string of the molecule is COC(=O)[C@H]1N(C(=O)OC(C)(C)C)C[C@@H]2N(C(=O)[C@@H](NC(=O)OC(C)(C)C)C(C)C)CCC[C@@]21CCCB1OC(C)(C)C(C)(C)O1. The molecule has 3 aliphatic heterocycles. The first-order valence-electron chi connectivity index (χ1n) is 16.7. The molecule has 3 fully saturated rings. The van der Waals surface area contributed by atoms with E-state index in [0.29, 0.717) is 38.5 Å². The monoisotopic (exact) mass is 651 g/mol. The van der Waals surface area contributed by atoms with Gasteiger partial charge in [-0.25, -0.2) is 14.4 Å². The predicted octanol–water partition coefficient (Wildman–Crippen LogP) is 5.18. The summed E-state index contributed by atoms with van der Waals surface area (Å²) in [5.41, 5.74) is -3.32. The van der Waals surface area contributed by atoms with E-state index in [0.717, 1.165) is 0 Å². The van der Waals surface area contributed by atoms with Crippen LogP contribution in [0.1, 0.15) is 109 Å². The Hall–Kier alpha value is -2.54. The van der Waals surface area contributed by atoms with Crippen LogP contribution < -0.4 is 5.32 Å². The second-order valence-electron chi connectivity index (χ2n) is 16.4. The Labute approximate surface area is 276 Å². The Morgan fingerprint density at radius 3 is 2.00 bits per heavy atom. The first-order valence-corrected chi connectivity index (χ1v) is 16.7. The summed E-state index contributed by atoms with van der Waals surface area (Å²) in [4.78, 5) is 57.7. The maximum Gasteiger partial charge on any atom is 0.457 e. The summed E-state index contributed by atoms with van der Waals surface area (Å²) in [5, 5.41) is 2.79. The first kappa shape index (κ1) is 37.9. The average molecular weight is 652 g/mol. The maximum atomic E-state index is 14.4. The number of rotatable bonds is 8. The minimum atomic E-state index is -0.970. The van der Waals surface area contributed by atoms with Gasteiger partial charge in [-0.05, 0) is 101 Å². The van der Waals surface area contributed by atoms with Gasteiger partial charge in [0.25, 0.3) is 0 Å². The van der Waals surface area contributed by atoms with Gasteiger partial charge in [-0.3, -0.25) is 9.69 Å². The molecule has 262 valence electrons. The molecule has 0 bridgehead atoms. The van der Waals surface area contributed by atoms with Gasteiger partial charge in [-0.1, -0.05) is 20.3 Å². The summed E-state index contributed by atoms with van der Waals surface area (Å²) >= 11 is 0. The van der Waals surface area contributed by atoms with Crippen LogP contribution in [-0.2, 0) is 33.1 Å². The van der Waals surface area contributed by atoms with Gasteiger partial charge in [0.1, 0.15) is 23.3 Å². The van der Waals surface area contributed by atoms with E-state index in [4.69, 9.17) is 23.5 Å². The molecular formula is C33H58BN3O9. The number of nitrogens with one attached hydrogen (secondary N) is 1. The fourth-order valence-corrected chi connectivity index (χ4v) is 6.89. The Kier molecular flexibility index (Phi) is 11.2. The number of methoxy groups -OCH3 is 1. The van der Waals surface area contributed by atoms with Crippen molar-refractivity contribution in [2.45, 2.75) is 156 Å². The van der Waals surface area contributed by atoms with Crippen molar-refractivity contribution in [3.8, 4) is 0 Å². The normalized spacial score (nSPS) is 26.4. The van der Waals surface area contributed by atoms with Gasteiger partial charge in [0.2, 0.25) is 5.91 Å². The first-order chi connectivity index (χ1) is 20.9. The van der Waals surface area contributed by atoms with Gasteiger partial charge in [-0.2, -0.15) is 0 Å². The lowest BCUT2D eigenvalue weighted by Gasteiger charge is -2.48. The fourth-order valence-electron chi connectivity index (χ4n) is 6.89. The molecule has 0 aromatic carbocycles. The van der Waals surface area contributed by atoms with Crippen LogP contribution >= 0.6 is 0 Å². The highest BCUT2D eigenvalue weighted by Crippen LogP contribution is 2.51. The minimum Gasteiger partial charge on any atom is -0.467 e. The summed E-state index contributed by atoms with van der Waals surface area (Å²) in [5.74, 6) is -1.08. The van der Waals surface area contributed by atoms with E-state index in [9.17, 15) is 19.2 Å². The summed E-state index contributed by atoms with van der Waals surface area (Å²) < 4.78 is 29.1. The number of nitrogens with zero attached hydrogens (tertiary/aromatic N) is 2. The number of amides is 3. The standard InChI is InChI=1S/C33H58BN3O9/c1-21(2)23(35-27(40)43-29(3,4)5)25(38)36-19-15-17-33(16-14-18-34-45-31(9,10)32(11,12)46-34)22(36)20-37(24(33)26(39)42-13)28(41)44-30(6,7)8/h21-24H,14-20H2,1-13H3,(H,35,40)/t22-,23-,24+,33-/m0/s1. The Morgan fingerprint density at radius 1 is 0.935 bits per heavy atom. The molecule has 46 heavy (non-hydrogen) atoms. The van der Waals surface area contributed by atoms with Crippen LogP contribution in [0.15, 0.2) is 0 Å². The molecule has 0 saturated carbocycles. The summed E-state index contributed by atoms with van der Waals surface area (Å²) in [6.07, 6.45) is 1.58. The van der Waals surface area contributed by atoms with Crippen LogP contribution in [0.3, 0.4) is 0 Å². The number of likely N-dealkylation sites (tertiary alicyclic amines) is 2. The predicted molar refractivity (Wildman–Crippen MR) is 174 cm³/mol. The van der Waals surface area contributed by atoms with E-state index in [1.54, 1.807) is 46.4 Å². The molecule has 0 spiro atoms. The molecule has 0 radical (unpaired) electrons. The van der Waals surface area contributed by atoms with Gasteiger partial charge in [0, 0.05) is 18.5 Å². The number of hydrogen-bond acceptors (Lipinski definition) is 9. The average Bonchev–Trinajstić information content (AvgIpc) is 3.33. The molecule has 13 heteroatoms. The van der Waals surface area contributed by atoms with Gasteiger partial charge in [0.05, 0.1) is 24.4 Å². The second kappa shape index (κ2) is 13.5. The lowest BCUT2D eigenvalue weighted by atomic mass is 9.65. The largest absolute Gasteiger partial charge is 0.467 e. The summed E-state index contributed by atoms with van der Waals surface area (Å²) in [6.45, 7) is 22.9. The smallest absolute Gasteiger partial charge is 0.457 e. The number of fused-ring (bicyclic) bond motifs is 1. The van der Waals surface area contributed by atoms with Crippen molar-refractivity contribution in [1.82, 2.24) is 15.1 Å². The van der Waals surface area contributed by atoms with Crippen molar-refractivity contribution in [2.24, 2.45) is 11.3 Å². The van der Waals surface area contributed by atoms with Gasteiger partial charge < -0.3 is 33.7 Å². The number of hydrogen-bond donors (Lipinski definition) is 1. The van der Waals surface area contributed by atoms with Crippen LogP contribution in [-0.4, -0.2) is 102 Å². The van der Waals surface area contributed by atoms with Crippen molar-refractivity contribution >= 4 is 31.2 Å². The molecule has 4 atom stereocenters. The zero-order valence-corrected chi connectivity index (χ0v) is 30.4. The van der Waals surface area contributed by atoms with Crippen molar-refractivity contribution in [3.05, 3.63) is 0 Å². The molecule has 3 heterocycles. The molecule has 3 amide bonds. The molecule has 0 aromatic rings. The number of piperidine rings is 1. The molecule has 0 unspecified atom stereocenters. The van der Waals surface area contributed by atoms with Gasteiger partial charge in [0.15, 0.2) is 0 Å². The van der Waals surface area contributed by atoms with Crippen LogP contribution in [0.25, 0.3) is 0 Å². The van der Waals surface area contributed by atoms with Crippen LogP contribution in [0.5, 0.6) is 0 Å². The summed E-state index contributed by atoms with van der Waals surface area (Å²) in [6, 6.07) is -2.37. The van der Waals surface area contributed by atoms with E-state index in [1.807, 2.05) is 41.5 Å². The van der Waals surface area contributed by atoms with Crippen molar-refractivity contribution < 1.29 is 42.7 Å². The number of alkyl carbamates (subject to hydrolysis) is 1. The van der Waals surface area contributed by atoms with Crippen molar-refractivity contribution in [2.75, 3.05) is 20.2 Å². The summed E-state index contributed by atoms with van der Waals surface area (Å²) in [7, 11) is 0.885. The van der Waals surface area contributed by atoms with Gasteiger partial charge in [-0.15, -0.1) is 0 Å². The third-order valence-corrected chi connectivity index (χ3v) is 9.63. The lowest BCUT2D eigenvalue weighted by molar-refractivity contribution is -0.154. The maximum absolute atomic E-state index is 14.4. The van der Waals surface area contributed by atoms with E-state index in [2.05, 4.69) is 5.32 Å². The molecule has 3 aliphatic rings. The highest BCUT2D eigenvalue weighted by molar-refractivity contribution is 6.45. The quantitative estimate of drug-likeness (QED) is 0.214. The minimum absolute atomic E-state index is 0.0914. The topological polar surface area (TPSA) is 133 Å². The highest BCUT2D eigenvalue weighted by atomic mass is 16.7. The molecule has 3 rings (SSSR count). The van der Waals surface area contributed by atoms with E-state index < -0.39 is 71.2 Å². The zero-order chi connectivity index (χ0) is 35.0. The van der Waals surface area contributed by atoms with Crippen molar-refractivity contribution in [3.63, 3.8) is 0 Å². The highest BCUT2D eigenvalue weighted by Gasteiger charge is 2.63. The molecule has 0 aliphatic carbocycles. The molecule has 0 aromatic heterocycles. The third kappa shape index (κ3) is 8.30. The number of ether oxygens (including phenoxy) is 3. The van der Waals surface area contributed by atoms with Gasteiger partial charge >= 0.3 is 25.3 Å².